The zero-order chi connectivity index (χ0) is 12.9. The van der Waals surface area contributed by atoms with Gasteiger partial charge >= 0.3 is 6.09 Å². The van der Waals surface area contributed by atoms with Crippen molar-refractivity contribution in [3.63, 3.8) is 0 Å². The van der Waals surface area contributed by atoms with Crippen molar-refractivity contribution in [3.8, 4) is 11.8 Å². The van der Waals surface area contributed by atoms with Gasteiger partial charge in [0.05, 0.1) is 0 Å². The van der Waals surface area contributed by atoms with Gasteiger partial charge in [0, 0.05) is 11.8 Å². The summed E-state index contributed by atoms with van der Waals surface area (Å²) in [6.07, 6.45) is 1.09. The Kier molecular flexibility index (Phi) is 4.11. The molecule has 1 rings (SSSR count). The molecule has 0 atom stereocenters. The summed E-state index contributed by atoms with van der Waals surface area (Å²) in [6.45, 7) is 7.17. The van der Waals surface area contributed by atoms with E-state index >= 15 is 0 Å². The van der Waals surface area contributed by atoms with Crippen LogP contribution in [-0.4, -0.2) is 16.7 Å². The number of anilines is 1. The molecule has 0 bridgehead atoms. The Morgan fingerprint density at radius 3 is 2.59 bits per heavy atom. The van der Waals surface area contributed by atoms with E-state index in [4.69, 9.17) is 4.74 Å². The Bertz CT molecular complexity index is 447. The molecule has 1 N–H and O–H groups in total. The number of nitrogens with zero attached hydrogens (tertiary/aromatic N) is 1. The van der Waals surface area contributed by atoms with Gasteiger partial charge < -0.3 is 4.74 Å². The van der Waals surface area contributed by atoms with E-state index in [0.717, 1.165) is 5.56 Å². The van der Waals surface area contributed by atoms with Crippen molar-refractivity contribution in [2.75, 3.05) is 5.32 Å². The first-order chi connectivity index (χ1) is 7.90. The van der Waals surface area contributed by atoms with Crippen molar-refractivity contribution in [3.05, 3.63) is 23.9 Å². The van der Waals surface area contributed by atoms with Crippen LogP contribution >= 0.6 is 0 Å². The van der Waals surface area contributed by atoms with Crippen LogP contribution < -0.4 is 5.32 Å². The molecular weight excluding hydrogens is 216 g/mol. The first-order valence-corrected chi connectivity index (χ1v) is 5.29. The maximum absolute atomic E-state index is 11.4. The van der Waals surface area contributed by atoms with E-state index < -0.39 is 11.7 Å². The predicted molar refractivity (Wildman–Crippen MR) is 66.6 cm³/mol. The summed E-state index contributed by atoms with van der Waals surface area (Å²) in [5.41, 5.74) is 0.291. The first kappa shape index (κ1) is 13.0. The average Bonchev–Trinajstić information content (AvgIpc) is 2.18. The second-order valence-corrected chi connectivity index (χ2v) is 4.43. The van der Waals surface area contributed by atoms with Gasteiger partial charge in [0.15, 0.2) is 0 Å². The molecule has 0 radical (unpaired) electrons. The van der Waals surface area contributed by atoms with E-state index in [1.807, 2.05) is 0 Å². The molecule has 0 spiro atoms. The minimum absolute atomic E-state index is 0.445. The predicted octanol–water partition coefficient (Wildman–Crippen LogP) is 2.80. The quantitative estimate of drug-likeness (QED) is 0.757. The third-order valence-corrected chi connectivity index (χ3v) is 1.66. The van der Waals surface area contributed by atoms with Crippen LogP contribution in [0.3, 0.4) is 0 Å². The van der Waals surface area contributed by atoms with Crippen LogP contribution in [0.1, 0.15) is 33.3 Å². The van der Waals surface area contributed by atoms with E-state index in [1.165, 1.54) is 0 Å². The van der Waals surface area contributed by atoms with E-state index in [0.29, 0.717) is 5.82 Å². The van der Waals surface area contributed by atoms with Crippen LogP contribution in [0.2, 0.25) is 0 Å². The molecular formula is C13H16N2O2. The fraction of sp³-hybridized carbons (Fsp3) is 0.385. The van der Waals surface area contributed by atoms with Crippen molar-refractivity contribution in [2.24, 2.45) is 0 Å². The molecule has 1 amide bonds. The van der Waals surface area contributed by atoms with Gasteiger partial charge in [-0.05, 0) is 39.8 Å². The molecule has 0 aromatic carbocycles. The molecule has 0 saturated heterocycles. The smallest absolute Gasteiger partial charge is 0.413 e. The standard InChI is InChI=1S/C13H16N2O2/c1-5-6-10-7-8-11(14-9-10)15-12(16)17-13(2,3)4/h7-9H,1-4H3,(H,14,15,16). The summed E-state index contributed by atoms with van der Waals surface area (Å²) >= 11 is 0. The molecule has 1 aromatic heterocycles. The molecule has 0 aliphatic heterocycles. The van der Waals surface area contributed by atoms with E-state index in [2.05, 4.69) is 22.1 Å². The lowest BCUT2D eigenvalue weighted by Crippen LogP contribution is -2.27. The Morgan fingerprint density at radius 1 is 1.41 bits per heavy atom. The van der Waals surface area contributed by atoms with Crippen molar-refractivity contribution in [2.45, 2.75) is 33.3 Å². The molecule has 0 fully saturated rings. The van der Waals surface area contributed by atoms with E-state index in [1.54, 1.807) is 46.0 Å². The molecule has 0 unspecified atom stereocenters. The van der Waals surface area contributed by atoms with E-state index in [9.17, 15) is 4.79 Å². The molecule has 0 aliphatic rings. The van der Waals surface area contributed by atoms with Crippen LogP contribution in [0.4, 0.5) is 10.6 Å². The summed E-state index contributed by atoms with van der Waals surface area (Å²) in [7, 11) is 0. The number of carbonyl (C=O) groups is 1. The van der Waals surface area contributed by atoms with E-state index in [-0.39, 0.29) is 0 Å². The second-order valence-electron chi connectivity index (χ2n) is 4.43. The third kappa shape index (κ3) is 5.03. The zero-order valence-corrected chi connectivity index (χ0v) is 10.5. The third-order valence-electron chi connectivity index (χ3n) is 1.66. The van der Waals surface area contributed by atoms with Crippen LogP contribution in [0.5, 0.6) is 0 Å². The van der Waals surface area contributed by atoms with Gasteiger partial charge in [-0.3, -0.25) is 5.32 Å². The van der Waals surface area contributed by atoms with Crippen molar-refractivity contribution in [1.82, 2.24) is 4.98 Å². The second kappa shape index (κ2) is 5.35. The number of hydrogen-bond acceptors (Lipinski definition) is 3. The molecule has 17 heavy (non-hydrogen) atoms. The molecule has 0 aliphatic carbocycles. The van der Waals surface area contributed by atoms with Gasteiger partial charge in [0.1, 0.15) is 11.4 Å². The number of aromatic nitrogens is 1. The maximum atomic E-state index is 11.4. The van der Waals surface area contributed by atoms with Gasteiger partial charge in [-0.1, -0.05) is 5.92 Å². The fourth-order valence-electron chi connectivity index (χ4n) is 1.09. The minimum atomic E-state index is -0.516. The number of ether oxygens (including phenoxy) is 1. The Balaban J connectivity index is 2.62. The molecule has 0 saturated carbocycles. The zero-order valence-electron chi connectivity index (χ0n) is 10.5. The molecule has 90 valence electrons. The highest BCUT2D eigenvalue weighted by molar-refractivity contribution is 5.83. The molecule has 1 aromatic rings. The lowest BCUT2D eigenvalue weighted by molar-refractivity contribution is 0.0635. The number of nitrogens with one attached hydrogen (secondary N) is 1. The average molecular weight is 232 g/mol. The molecule has 4 heteroatoms. The van der Waals surface area contributed by atoms with Crippen molar-refractivity contribution in [1.29, 1.82) is 0 Å². The number of pyridine rings is 1. The van der Waals surface area contributed by atoms with Gasteiger partial charge in [0.2, 0.25) is 0 Å². The number of carbonyl (C=O) groups excluding carboxylic acids is 1. The fourth-order valence-corrected chi connectivity index (χ4v) is 1.09. The van der Waals surface area contributed by atoms with Gasteiger partial charge in [-0.15, -0.1) is 5.92 Å². The lowest BCUT2D eigenvalue weighted by atomic mass is 10.2. The maximum Gasteiger partial charge on any atom is 0.413 e. The Labute approximate surface area is 101 Å². The van der Waals surface area contributed by atoms with Gasteiger partial charge in [0.25, 0.3) is 0 Å². The topological polar surface area (TPSA) is 51.2 Å². The Morgan fingerprint density at radius 2 is 2.12 bits per heavy atom. The number of amides is 1. The minimum Gasteiger partial charge on any atom is -0.444 e. The highest BCUT2D eigenvalue weighted by Crippen LogP contribution is 2.10. The Hall–Kier alpha value is -2.02. The normalized spacial score (nSPS) is 10.1. The largest absolute Gasteiger partial charge is 0.444 e. The monoisotopic (exact) mass is 232 g/mol. The van der Waals surface area contributed by atoms with Crippen LogP contribution in [0.25, 0.3) is 0 Å². The SMILES string of the molecule is CC#Cc1ccc(NC(=O)OC(C)(C)C)nc1. The van der Waals surface area contributed by atoms with Crippen LogP contribution in [0.15, 0.2) is 18.3 Å². The summed E-state index contributed by atoms with van der Waals surface area (Å²) in [5, 5.41) is 2.55. The highest BCUT2D eigenvalue weighted by atomic mass is 16.6. The van der Waals surface area contributed by atoms with Gasteiger partial charge in [-0.25, -0.2) is 9.78 Å². The molecule has 4 nitrogen and oxygen atoms in total. The first-order valence-electron chi connectivity index (χ1n) is 5.29. The highest BCUT2D eigenvalue weighted by Gasteiger charge is 2.16. The molecule has 1 heterocycles. The summed E-state index contributed by atoms with van der Waals surface area (Å²) in [5.74, 6) is 6.09. The summed E-state index contributed by atoms with van der Waals surface area (Å²) < 4.78 is 5.10. The van der Waals surface area contributed by atoms with Crippen molar-refractivity contribution >= 4 is 11.9 Å². The number of hydrogen-bond donors (Lipinski definition) is 1. The lowest BCUT2D eigenvalue weighted by Gasteiger charge is -2.19. The summed E-state index contributed by atoms with van der Waals surface area (Å²) in [6, 6.07) is 3.47. The van der Waals surface area contributed by atoms with Crippen LogP contribution in [-0.2, 0) is 4.74 Å². The summed E-state index contributed by atoms with van der Waals surface area (Å²) in [4.78, 5) is 15.5. The van der Waals surface area contributed by atoms with Crippen molar-refractivity contribution < 1.29 is 9.53 Å². The van der Waals surface area contributed by atoms with Gasteiger partial charge in [-0.2, -0.15) is 0 Å². The van der Waals surface area contributed by atoms with Crippen LogP contribution in [0, 0.1) is 11.8 Å². The number of rotatable bonds is 1.